The Hall–Kier alpha value is -2.15. The first kappa shape index (κ1) is 11.9. The van der Waals surface area contributed by atoms with Crippen molar-refractivity contribution in [2.24, 2.45) is 0 Å². The van der Waals surface area contributed by atoms with Gasteiger partial charge in [0.2, 0.25) is 0 Å². The molecule has 0 saturated heterocycles. The number of carbonyl (C=O) groups is 1. The minimum Gasteiger partial charge on any atom is -0.295 e. The van der Waals surface area contributed by atoms with Gasteiger partial charge in [0.1, 0.15) is 0 Å². The van der Waals surface area contributed by atoms with Crippen molar-refractivity contribution in [2.75, 3.05) is 0 Å². The Balaban J connectivity index is 2.35. The van der Waals surface area contributed by atoms with E-state index in [-0.39, 0.29) is 5.78 Å². The summed E-state index contributed by atoms with van der Waals surface area (Å²) in [6.45, 7) is 5.87. The number of rotatable bonds is 1. The Morgan fingerprint density at radius 3 is 2.05 bits per heavy atom. The molecule has 1 aliphatic carbocycles. The Morgan fingerprint density at radius 1 is 0.789 bits per heavy atom. The fraction of sp³-hybridized carbons (Fsp3) is 0.167. The van der Waals surface area contributed by atoms with Crippen LogP contribution in [-0.2, 0) is 0 Å². The molecule has 0 aliphatic heterocycles. The van der Waals surface area contributed by atoms with Crippen LogP contribution in [0, 0.1) is 0 Å². The fourth-order valence-corrected chi connectivity index (χ4v) is 2.82. The summed E-state index contributed by atoms with van der Waals surface area (Å²) in [5.74, 6) is 0.117. The van der Waals surface area contributed by atoms with Crippen LogP contribution >= 0.6 is 0 Å². The first-order valence-electron chi connectivity index (χ1n) is 6.52. The van der Waals surface area contributed by atoms with E-state index in [1.807, 2.05) is 12.1 Å². The molecule has 1 nitrogen and oxygen atoms in total. The molecule has 0 saturated carbocycles. The van der Waals surface area contributed by atoms with Crippen LogP contribution in [0.2, 0.25) is 0 Å². The number of fused-ring (bicyclic) bond motifs is 3. The van der Waals surface area contributed by atoms with Crippen molar-refractivity contribution in [3.8, 4) is 11.1 Å². The summed E-state index contributed by atoms with van der Waals surface area (Å²) < 4.78 is 0. The van der Waals surface area contributed by atoms with Gasteiger partial charge in [0.25, 0.3) is 0 Å². The van der Waals surface area contributed by atoms with Crippen LogP contribution in [0.15, 0.2) is 48.0 Å². The molecule has 2 aromatic carbocycles. The number of Topliss-reactive ketones (excluding diaryl/α,β-unsaturated/α-hetero) is 1. The van der Waals surface area contributed by atoms with Gasteiger partial charge in [0.05, 0.1) is 0 Å². The van der Waals surface area contributed by atoms with Crippen molar-refractivity contribution in [1.29, 1.82) is 0 Å². The molecule has 19 heavy (non-hydrogen) atoms. The second kappa shape index (κ2) is 4.20. The van der Waals surface area contributed by atoms with Crippen LogP contribution in [0.5, 0.6) is 0 Å². The van der Waals surface area contributed by atoms with E-state index < -0.39 is 0 Å². The van der Waals surface area contributed by atoms with E-state index in [1.54, 1.807) is 6.92 Å². The second-order valence-corrected chi connectivity index (χ2v) is 5.24. The maximum absolute atomic E-state index is 11.6. The van der Waals surface area contributed by atoms with Gasteiger partial charge in [0, 0.05) is 5.56 Å². The van der Waals surface area contributed by atoms with Gasteiger partial charge in [-0.2, -0.15) is 0 Å². The Bertz CT molecular complexity index is 716. The number of carbonyl (C=O) groups excluding carboxylic acids is 1. The topological polar surface area (TPSA) is 17.1 Å². The lowest BCUT2D eigenvalue weighted by Gasteiger charge is -2.06. The Kier molecular flexibility index (Phi) is 2.63. The minimum atomic E-state index is 0.117. The predicted molar refractivity (Wildman–Crippen MR) is 79.3 cm³/mol. The highest BCUT2D eigenvalue weighted by molar-refractivity contribution is 6.04. The van der Waals surface area contributed by atoms with E-state index >= 15 is 0 Å². The minimum absolute atomic E-state index is 0.117. The molecular formula is C18H16O. The molecule has 94 valence electrons. The molecule has 0 radical (unpaired) electrons. The molecule has 2 aromatic rings. The summed E-state index contributed by atoms with van der Waals surface area (Å²) >= 11 is 0. The Labute approximate surface area is 113 Å². The lowest BCUT2D eigenvalue weighted by molar-refractivity contribution is 0.101. The quantitative estimate of drug-likeness (QED) is 0.570. The second-order valence-electron chi connectivity index (χ2n) is 5.24. The predicted octanol–water partition coefficient (Wildman–Crippen LogP) is 4.71. The summed E-state index contributed by atoms with van der Waals surface area (Å²) in [5, 5.41) is 0. The highest BCUT2D eigenvalue weighted by Crippen LogP contribution is 2.45. The third-order valence-electron chi connectivity index (χ3n) is 3.68. The average molecular weight is 248 g/mol. The van der Waals surface area contributed by atoms with E-state index in [1.165, 1.54) is 33.4 Å². The summed E-state index contributed by atoms with van der Waals surface area (Å²) in [6.07, 6.45) is 0. The van der Waals surface area contributed by atoms with Crippen molar-refractivity contribution in [2.45, 2.75) is 20.8 Å². The molecule has 0 amide bonds. The number of benzene rings is 2. The SMILES string of the molecule is CC(=O)c1ccc2c(c1)C(=C(C)C)c1ccccc1-2. The summed E-state index contributed by atoms with van der Waals surface area (Å²) in [5.41, 5.74) is 8.30. The van der Waals surface area contributed by atoms with Crippen LogP contribution < -0.4 is 0 Å². The van der Waals surface area contributed by atoms with Crippen molar-refractivity contribution < 1.29 is 4.79 Å². The molecule has 0 atom stereocenters. The average Bonchev–Trinajstić information content (AvgIpc) is 2.72. The molecule has 0 unspecified atom stereocenters. The van der Waals surface area contributed by atoms with Gasteiger partial charge < -0.3 is 0 Å². The fourth-order valence-electron chi connectivity index (χ4n) is 2.82. The van der Waals surface area contributed by atoms with Gasteiger partial charge in [-0.1, -0.05) is 42.0 Å². The molecule has 0 fully saturated rings. The highest BCUT2D eigenvalue weighted by atomic mass is 16.1. The van der Waals surface area contributed by atoms with Crippen LogP contribution in [-0.4, -0.2) is 5.78 Å². The molecule has 0 heterocycles. The van der Waals surface area contributed by atoms with Gasteiger partial charge >= 0.3 is 0 Å². The largest absolute Gasteiger partial charge is 0.295 e. The number of ketones is 1. The third kappa shape index (κ3) is 1.74. The van der Waals surface area contributed by atoms with Gasteiger partial charge in [0.15, 0.2) is 5.78 Å². The monoisotopic (exact) mass is 248 g/mol. The summed E-state index contributed by atoms with van der Waals surface area (Å²) in [7, 11) is 0. The number of hydrogen-bond acceptors (Lipinski definition) is 1. The zero-order chi connectivity index (χ0) is 13.6. The standard InChI is InChI=1S/C18H16O/c1-11(2)18-16-7-5-4-6-14(16)15-9-8-13(12(3)19)10-17(15)18/h4-10H,1-3H3. The smallest absolute Gasteiger partial charge is 0.159 e. The highest BCUT2D eigenvalue weighted by Gasteiger charge is 2.24. The number of allylic oxidation sites excluding steroid dienone is 1. The molecule has 3 rings (SSSR count). The number of hydrogen-bond donors (Lipinski definition) is 0. The molecule has 0 aromatic heterocycles. The lowest BCUT2D eigenvalue weighted by Crippen LogP contribution is -1.93. The third-order valence-corrected chi connectivity index (χ3v) is 3.68. The van der Waals surface area contributed by atoms with Gasteiger partial charge in [-0.25, -0.2) is 0 Å². The van der Waals surface area contributed by atoms with Crippen LogP contribution in [0.3, 0.4) is 0 Å². The normalized spacial score (nSPS) is 12.1. The van der Waals surface area contributed by atoms with Crippen molar-refractivity contribution in [1.82, 2.24) is 0 Å². The molecule has 0 bridgehead atoms. The maximum atomic E-state index is 11.6. The molecule has 0 N–H and O–H groups in total. The molecular weight excluding hydrogens is 232 g/mol. The molecule has 1 heteroatoms. The van der Waals surface area contributed by atoms with Crippen LogP contribution in [0.1, 0.15) is 42.3 Å². The van der Waals surface area contributed by atoms with Crippen molar-refractivity contribution in [3.63, 3.8) is 0 Å². The van der Waals surface area contributed by atoms with E-state index in [2.05, 4.69) is 44.2 Å². The van der Waals surface area contributed by atoms with E-state index in [9.17, 15) is 4.79 Å². The van der Waals surface area contributed by atoms with Gasteiger partial charge in [-0.15, -0.1) is 0 Å². The zero-order valence-corrected chi connectivity index (χ0v) is 11.4. The maximum Gasteiger partial charge on any atom is 0.159 e. The van der Waals surface area contributed by atoms with Crippen molar-refractivity contribution >= 4 is 11.4 Å². The zero-order valence-electron chi connectivity index (χ0n) is 11.4. The van der Waals surface area contributed by atoms with E-state index in [0.717, 1.165) is 5.56 Å². The van der Waals surface area contributed by atoms with Crippen LogP contribution in [0.25, 0.3) is 16.7 Å². The van der Waals surface area contributed by atoms with Crippen LogP contribution in [0.4, 0.5) is 0 Å². The lowest BCUT2D eigenvalue weighted by atomic mass is 9.97. The van der Waals surface area contributed by atoms with E-state index in [0.29, 0.717) is 0 Å². The van der Waals surface area contributed by atoms with Gasteiger partial charge in [-0.3, -0.25) is 4.79 Å². The first-order valence-corrected chi connectivity index (χ1v) is 6.52. The van der Waals surface area contributed by atoms with Crippen molar-refractivity contribution in [3.05, 3.63) is 64.7 Å². The summed E-state index contributed by atoms with van der Waals surface area (Å²) in [6, 6.07) is 14.5. The molecule has 0 spiro atoms. The Morgan fingerprint density at radius 2 is 1.42 bits per heavy atom. The summed E-state index contributed by atoms with van der Waals surface area (Å²) in [4.78, 5) is 11.6. The van der Waals surface area contributed by atoms with Gasteiger partial charge in [-0.05, 0) is 54.7 Å². The molecule has 1 aliphatic rings. The van der Waals surface area contributed by atoms with E-state index in [4.69, 9.17) is 0 Å². The first-order chi connectivity index (χ1) is 9.09.